The molecule has 0 radical (unpaired) electrons. The van der Waals surface area contributed by atoms with Crippen molar-refractivity contribution in [2.24, 2.45) is 0 Å². The SMILES string of the molecule is O=C(NCc1ccc(S(=O)(=O)c2cccc3cccnc23)cc1)c1cc2ccncc2s1. The van der Waals surface area contributed by atoms with E-state index >= 15 is 0 Å². The average molecular weight is 460 g/mol. The Morgan fingerprint density at radius 2 is 1.75 bits per heavy atom. The fourth-order valence-electron chi connectivity index (χ4n) is 3.47. The summed E-state index contributed by atoms with van der Waals surface area (Å²) in [5, 5.41) is 4.63. The number of hydrogen-bond acceptors (Lipinski definition) is 6. The van der Waals surface area contributed by atoms with Crippen LogP contribution in [0.25, 0.3) is 21.0 Å². The van der Waals surface area contributed by atoms with Crippen LogP contribution in [-0.2, 0) is 16.4 Å². The van der Waals surface area contributed by atoms with Crippen LogP contribution >= 0.6 is 11.3 Å². The fourth-order valence-corrected chi connectivity index (χ4v) is 5.85. The maximum atomic E-state index is 13.2. The molecule has 5 aromatic rings. The Morgan fingerprint density at radius 3 is 2.56 bits per heavy atom. The number of rotatable bonds is 5. The van der Waals surface area contributed by atoms with Crippen LogP contribution < -0.4 is 5.32 Å². The van der Waals surface area contributed by atoms with E-state index in [1.807, 2.05) is 24.3 Å². The first-order valence-corrected chi connectivity index (χ1v) is 12.1. The van der Waals surface area contributed by atoms with Crippen LogP contribution in [0, 0.1) is 0 Å². The molecule has 8 heteroatoms. The summed E-state index contributed by atoms with van der Waals surface area (Å²) in [4.78, 5) is 21.8. The van der Waals surface area contributed by atoms with Gasteiger partial charge in [-0.1, -0.05) is 30.3 Å². The van der Waals surface area contributed by atoms with E-state index in [9.17, 15) is 13.2 Å². The second-order valence-corrected chi connectivity index (χ2v) is 10.2. The molecule has 0 atom stereocenters. The van der Waals surface area contributed by atoms with Gasteiger partial charge in [0, 0.05) is 30.5 Å². The van der Waals surface area contributed by atoms with Crippen LogP contribution in [0.2, 0.25) is 0 Å². The third-order valence-corrected chi connectivity index (χ3v) is 8.00. The van der Waals surface area contributed by atoms with E-state index in [0.29, 0.717) is 16.9 Å². The number of fused-ring (bicyclic) bond motifs is 2. The second-order valence-electron chi connectivity index (χ2n) is 7.19. The summed E-state index contributed by atoms with van der Waals surface area (Å²) in [5.74, 6) is -0.176. The average Bonchev–Trinajstić information content (AvgIpc) is 3.27. The van der Waals surface area contributed by atoms with Crippen LogP contribution in [0.1, 0.15) is 15.2 Å². The summed E-state index contributed by atoms with van der Waals surface area (Å²) < 4.78 is 27.3. The number of hydrogen-bond donors (Lipinski definition) is 1. The summed E-state index contributed by atoms with van der Waals surface area (Å²) in [7, 11) is -3.73. The maximum absolute atomic E-state index is 13.2. The Bertz CT molecular complexity index is 1520. The molecule has 3 heterocycles. The molecule has 0 aliphatic heterocycles. The molecule has 32 heavy (non-hydrogen) atoms. The number of nitrogens with one attached hydrogen (secondary N) is 1. The maximum Gasteiger partial charge on any atom is 0.261 e. The van der Waals surface area contributed by atoms with E-state index in [-0.39, 0.29) is 15.7 Å². The van der Waals surface area contributed by atoms with Crippen molar-refractivity contribution in [3.63, 3.8) is 0 Å². The highest BCUT2D eigenvalue weighted by Gasteiger charge is 2.21. The highest BCUT2D eigenvalue weighted by Crippen LogP contribution is 2.27. The molecule has 5 rings (SSSR count). The van der Waals surface area contributed by atoms with Crippen molar-refractivity contribution >= 4 is 48.1 Å². The lowest BCUT2D eigenvalue weighted by atomic mass is 10.2. The number of nitrogens with zero attached hydrogens (tertiary/aromatic N) is 2. The van der Waals surface area contributed by atoms with Gasteiger partial charge in [0.05, 0.1) is 24.9 Å². The highest BCUT2D eigenvalue weighted by atomic mass is 32.2. The van der Waals surface area contributed by atoms with E-state index < -0.39 is 9.84 Å². The normalized spacial score (nSPS) is 11.6. The van der Waals surface area contributed by atoms with Crippen molar-refractivity contribution < 1.29 is 13.2 Å². The number of carbonyl (C=O) groups is 1. The molecule has 0 unspecified atom stereocenters. The van der Waals surface area contributed by atoms with Crippen molar-refractivity contribution in [3.05, 3.63) is 95.8 Å². The number of aromatic nitrogens is 2. The Morgan fingerprint density at radius 1 is 0.938 bits per heavy atom. The van der Waals surface area contributed by atoms with Gasteiger partial charge in [0.2, 0.25) is 9.84 Å². The Hall–Kier alpha value is -3.62. The predicted molar refractivity (Wildman–Crippen MR) is 124 cm³/mol. The molecule has 2 aromatic carbocycles. The van der Waals surface area contributed by atoms with E-state index in [4.69, 9.17) is 0 Å². The number of para-hydroxylation sites is 1. The molecule has 0 saturated heterocycles. The molecular formula is C24H17N3O3S2. The minimum absolute atomic E-state index is 0.176. The summed E-state index contributed by atoms with van der Waals surface area (Å²) in [6.07, 6.45) is 5.02. The molecular weight excluding hydrogens is 442 g/mol. The molecule has 3 aromatic heterocycles. The Kier molecular flexibility index (Phi) is 5.16. The molecule has 0 aliphatic rings. The first-order valence-electron chi connectivity index (χ1n) is 9.82. The van der Waals surface area contributed by atoms with Crippen LogP contribution in [0.15, 0.2) is 95.1 Å². The minimum Gasteiger partial charge on any atom is -0.347 e. The topological polar surface area (TPSA) is 89.0 Å². The number of carbonyl (C=O) groups excluding carboxylic acids is 1. The number of sulfone groups is 1. The summed E-state index contributed by atoms with van der Waals surface area (Å²) in [6, 6.07) is 19.0. The van der Waals surface area contributed by atoms with Gasteiger partial charge >= 0.3 is 0 Å². The molecule has 0 aliphatic carbocycles. The van der Waals surface area contributed by atoms with Crippen molar-refractivity contribution in [2.75, 3.05) is 0 Å². The van der Waals surface area contributed by atoms with Gasteiger partial charge in [-0.2, -0.15) is 0 Å². The molecule has 158 valence electrons. The molecule has 0 fully saturated rings. The lowest BCUT2D eigenvalue weighted by molar-refractivity contribution is 0.0955. The zero-order chi connectivity index (χ0) is 22.1. The smallest absolute Gasteiger partial charge is 0.261 e. The van der Waals surface area contributed by atoms with E-state index in [1.54, 1.807) is 61.1 Å². The van der Waals surface area contributed by atoms with Crippen LogP contribution in [0.3, 0.4) is 0 Å². The zero-order valence-electron chi connectivity index (χ0n) is 16.7. The zero-order valence-corrected chi connectivity index (χ0v) is 18.4. The van der Waals surface area contributed by atoms with E-state index in [0.717, 1.165) is 21.0 Å². The van der Waals surface area contributed by atoms with Crippen LogP contribution in [0.4, 0.5) is 0 Å². The molecule has 0 spiro atoms. The molecule has 0 saturated carbocycles. The monoisotopic (exact) mass is 459 g/mol. The van der Waals surface area contributed by atoms with Gasteiger partial charge in [-0.25, -0.2) is 8.42 Å². The van der Waals surface area contributed by atoms with Gasteiger partial charge in [-0.3, -0.25) is 14.8 Å². The van der Waals surface area contributed by atoms with Gasteiger partial charge in [0.15, 0.2) is 0 Å². The molecule has 1 amide bonds. The third kappa shape index (κ3) is 3.74. The molecule has 0 bridgehead atoms. The van der Waals surface area contributed by atoms with Gasteiger partial charge in [0.1, 0.15) is 0 Å². The fraction of sp³-hybridized carbons (Fsp3) is 0.0417. The third-order valence-electron chi connectivity index (χ3n) is 5.12. The van der Waals surface area contributed by atoms with Crippen molar-refractivity contribution in [1.82, 2.24) is 15.3 Å². The minimum atomic E-state index is -3.73. The lowest BCUT2D eigenvalue weighted by Gasteiger charge is -2.09. The van der Waals surface area contributed by atoms with Crippen molar-refractivity contribution in [3.8, 4) is 0 Å². The van der Waals surface area contributed by atoms with Gasteiger partial charge in [-0.05, 0) is 47.3 Å². The summed E-state index contributed by atoms with van der Waals surface area (Å²) in [6.45, 7) is 0.293. The Balaban J connectivity index is 1.34. The predicted octanol–water partition coefficient (Wildman–Crippen LogP) is 4.61. The largest absolute Gasteiger partial charge is 0.347 e. The quantitative estimate of drug-likeness (QED) is 0.415. The summed E-state index contributed by atoms with van der Waals surface area (Å²) >= 11 is 1.39. The van der Waals surface area contributed by atoms with Gasteiger partial charge in [0.25, 0.3) is 5.91 Å². The van der Waals surface area contributed by atoms with Crippen molar-refractivity contribution in [1.29, 1.82) is 0 Å². The number of amides is 1. The Labute approximate surface area is 188 Å². The van der Waals surface area contributed by atoms with Crippen LogP contribution in [-0.4, -0.2) is 24.3 Å². The van der Waals surface area contributed by atoms with Crippen molar-refractivity contribution in [2.45, 2.75) is 16.3 Å². The summed E-state index contributed by atoms with van der Waals surface area (Å²) in [5.41, 5.74) is 1.25. The lowest BCUT2D eigenvalue weighted by Crippen LogP contribution is -2.21. The number of thiophene rings is 1. The van der Waals surface area contributed by atoms with E-state index in [2.05, 4.69) is 15.3 Å². The number of pyridine rings is 2. The first kappa shape index (κ1) is 20.3. The highest BCUT2D eigenvalue weighted by molar-refractivity contribution is 7.91. The number of benzene rings is 2. The van der Waals surface area contributed by atoms with Gasteiger partial charge in [-0.15, -0.1) is 11.3 Å². The second kappa shape index (κ2) is 8.14. The molecule has 1 N–H and O–H groups in total. The van der Waals surface area contributed by atoms with Gasteiger partial charge < -0.3 is 5.32 Å². The van der Waals surface area contributed by atoms with Crippen LogP contribution in [0.5, 0.6) is 0 Å². The first-order chi connectivity index (χ1) is 15.5. The standard InChI is InChI=1S/C24H17N3O3S2/c28-24(20-13-18-10-12-25-15-21(18)31-20)27-14-16-6-8-19(9-7-16)32(29,30)22-5-1-3-17-4-2-11-26-23(17)22/h1-13,15H,14H2,(H,27,28). The van der Waals surface area contributed by atoms with E-state index in [1.165, 1.54) is 11.3 Å². The molecule has 6 nitrogen and oxygen atoms in total.